The Hall–Kier alpha value is -2.95. The Bertz CT molecular complexity index is 1060. The minimum Gasteiger partial charge on any atom is -0.542 e. The summed E-state index contributed by atoms with van der Waals surface area (Å²) in [7, 11) is 0. The van der Waals surface area contributed by atoms with Gasteiger partial charge in [0.2, 0.25) is 0 Å². The average molecular weight is 541 g/mol. The molecule has 38 heavy (non-hydrogen) atoms. The molecule has 1 aliphatic carbocycles. The number of hydrogen-bond acceptors (Lipinski definition) is 4. The van der Waals surface area contributed by atoms with Crippen molar-refractivity contribution < 1.29 is 37.2 Å². The Kier molecular flexibility index (Phi) is 9.56. The number of carbonyl (C=O) groups is 2. The first-order valence-electron chi connectivity index (χ1n) is 13.0. The number of nitrogens with one attached hydrogen (secondary N) is 2. The topological polar surface area (TPSA) is 89.3 Å². The maximum atomic E-state index is 14.1. The van der Waals surface area contributed by atoms with E-state index in [1.165, 1.54) is 41.9 Å². The van der Waals surface area contributed by atoms with Crippen LogP contribution in [0, 0.1) is 5.82 Å². The second-order valence-electron chi connectivity index (χ2n) is 10.6. The molecular weight excluding hydrogens is 504 g/mol. The number of carboxylic acids is 1. The minimum atomic E-state index is -5.19. The van der Waals surface area contributed by atoms with Gasteiger partial charge in [-0.05, 0) is 57.9 Å². The summed E-state index contributed by atoms with van der Waals surface area (Å²) in [4.78, 5) is 30.4. The summed E-state index contributed by atoms with van der Waals surface area (Å²) >= 11 is 0. The van der Waals surface area contributed by atoms with Gasteiger partial charge in [-0.1, -0.05) is 30.9 Å². The monoisotopic (exact) mass is 540 g/mol. The van der Waals surface area contributed by atoms with E-state index in [9.17, 15) is 22.4 Å². The molecule has 2 amide bonds. The molecule has 2 saturated heterocycles. The molecule has 3 aliphatic rings. The number of hydrogen-bond donors (Lipinski definition) is 2. The molecule has 1 unspecified atom stereocenters. The van der Waals surface area contributed by atoms with Crippen LogP contribution < -0.4 is 20.2 Å². The Labute approximate surface area is 220 Å². The molecule has 2 N–H and O–H groups in total. The van der Waals surface area contributed by atoms with Crippen molar-refractivity contribution in [1.82, 2.24) is 5.32 Å². The minimum absolute atomic E-state index is 0.180. The quantitative estimate of drug-likeness (QED) is 0.454. The molecule has 2 aliphatic heterocycles. The Balaban J connectivity index is 0.000000505. The van der Waals surface area contributed by atoms with E-state index < -0.39 is 17.7 Å². The number of allylic oxidation sites excluding steroid dienone is 1. The molecule has 1 saturated carbocycles. The van der Waals surface area contributed by atoms with E-state index in [0.717, 1.165) is 44.6 Å². The number of aliphatic carboxylic acids is 1. The molecule has 210 valence electrons. The number of benzene rings is 1. The molecule has 3 fully saturated rings. The van der Waals surface area contributed by atoms with E-state index in [1.807, 2.05) is 6.07 Å². The molecule has 3 atom stereocenters. The number of likely N-dealkylation sites (tertiary alicyclic amines) is 1. The summed E-state index contributed by atoms with van der Waals surface area (Å²) in [6.45, 7) is 8.48. The molecule has 4 rings (SSSR count). The van der Waals surface area contributed by atoms with Gasteiger partial charge in [-0.25, -0.2) is 9.18 Å². The summed E-state index contributed by atoms with van der Waals surface area (Å²) in [5, 5.41) is 11.9. The van der Waals surface area contributed by atoms with Crippen LogP contribution in [0.4, 0.5) is 28.0 Å². The lowest BCUT2D eigenvalue weighted by molar-refractivity contribution is -0.923. The van der Waals surface area contributed by atoms with Gasteiger partial charge < -0.3 is 14.8 Å². The highest BCUT2D eigenvalue weighted by Gasteiger charge is 2.56. The highest BCUT2D eigenvalue weighted by molar-refractivity contribution is 6.19. The summed E-state index contributed by atoms with van der Waals surface area (Å²) in [6, 6.07) is 6.87. The fourth-order valence-electron chi connectivity index (χ4n) is 5.52. The number of quaternary nitrogens is 1. The normalized spacial score (nSPS) is 27.1. The van der Waals surface area contributed by atoms with Crippen molar-refractivity contribution in [3.05, 3.63) is 41.7 Å². The van der Waals surface area contributed by atoms with Crippen LogP contribution in [0.25, 0.3) is 0 Å². The Morgan fingerprint density at radius 3 is 2.47 bits per heavy atom. The predicted octanol–water partition coefficient (Wildman–Crippen LogP) is 3.16. The van der Waals surface area contributed by atoms with Crippen LogP contribution in [0.5, 0.6) is 0 Å². The van der Waals surface area contributed by atoms with Gasteiger partial charge >= 0.3 is 12.2 Å². The number of piperidine rings is 1. The zero-order valence-electron chi connectivity index (χ0n) is 22.0. The molecule has 1 aromatic carbocycles. The summed E-state index contributed by atoms with van der Waals surface area (Å²) in [6.07, 6.45) is 4.59. The molecule has 7 nitrogen and oxygen atoms in total. The number of halogens is 4. The molecule has 1 spiro atoms. The fraction of sp³-hybridized carbons (Fsp3) is 0.593. The lowest BCUT2D eigenvalue weighted by atomic mass is 9.81. The fourth-order valence-corrected chi connectivity index (χ4v) is 5.52. The maximum absolute atomic E-state index is 14.1. The van der Waals surface area contributed by atoms with Crippen molar-refractivity contribution in [2.45, 2.75) is 89.5 Å². The van der Waals surface area contributed by atoms with Crippen LogP contribution in [0.1, 0.15) is 65.7 Å². The number of aliphatic imine (C=N–C) groups is 1. The third-order valence-electron chi connectivity index (χ3n) is 7.45. The number of nitrogens with zero attached hydrogens (tertiary/aromatic N) is 2. The van der Waals surface area contributed by atoms with E-state index in [0.29, 0.717) is 11.7 Å². The van der Waals surface area contributed by atoms with Crippen molar-refractivity contribution >= 4 is 23.5 Å². The maximum Gasteiger partial charge on any atom is 0.430 e. The highest BCUT2D eigenvalue weighted by atomic mass is 19.4. The lowest BCUT2D eigenvalue weighted by Crippen LogP contribution is -3.17. The zero-order valence-corrected chi connectivity index (χ0v) is 22.0. The van der Waals surface area contributed by atoms with E-state index in [4.69, 9.17) is 14.9 Å². The molecule has 0 radical (unpaired) electrons. The molecule has 2 heterocycles. The van der Waals surface area contributed by atoms with Crippen molar-refractivity contribution in [3.63, 3.8) is 0 Å². The third kappa shape index (κ3) is 7.12. The molecule has 0 aromatic heterocycles. The van der Waals surface area contributed by atoms with Crippen LogP contribution in [0.15, 0.2) is 40.9 Å². The molecule has 11 heteroatoms. The van der Waals surface area contributed by atoms with Crippen molar-refractivity contribution in [2.24, 2.45) is 4.99 Å². The summed E-state index contributed by atoms with van der Waals surface area (Å²) in [5.41, 5.74) is 1.43. The standard InChI is InChI=1S/C25H35FN4O.C2HF3O2/c1-18(2)12-14-29-15-13-25(17-19(29)3)23(27-21-9-5-4-6-10-21)28-24(31)30(25)22-11-7-8-20(26)16-22;3-2(4,5)1(6)7/h7-8,11-12,16,19,21H,4-6,9-10,13-15,17H2,1-3H3,(H,27,28,31);(H,6,7)/t19-,25+;/m1./s1. The first-order valence-corrected chi connectivity index (χ1v) is 13.0. The number of urea groups is 1. The zero-order chi connectivity index (χ0) is 28.1. The largest absolute Gasteiger partial charge is 0.542 e. The van der Waals surface area contributed by atoms with Crippen LogP contribution in [-0.4, -0.2) is 54.7 Å². The Morgan fingerprint density at radius 2 is 1.92 bits per heavy atom. The van der Waals surface area contributed by atoms with Gasteiger partial charge in [0.05, 0.1) is 25.2 Å². The SMILES string of the molecule is CC(C)=CC[NH+]1CC[C@]2(C[C@H]1C)C(=NC1CCCCC1)NC(=O)N2c1cccc(F)c1.O=C([O-])C(F)(F)F. The first-order chi connectivity index (χ1) is 17.8. The Morgan fingerprint density at radius 1 is 1.26 bits per heavy atom. The van der Waals surface area contributed by atoms with Crippen LogP contribution in [-0.2, 0) is 4.79 Å². The first kappa shape index (κ1) is 29.6. The van der Waals surface area contributed by atoms with Crippen LogP contribution >= 0.6 is 0 Å². The number of anilines is 1. The lowest BCUT2D eigenvalue weighted by Gasteiger charge is -2.45. The van der Waals surface area contributed by atoms with Gasteiger partial charge in [-0.2, -0.15) is 13.2 Å². The number of alkyl halides is 3. The number of rotatable bonds is 4. The number of amidine groups is 1. The van der Waals surface area contributed by atoms with Crippen LogP contribution in [0.3, 0.4) is 0 Å². The number of amides is 2. The number of carboxylic acid groups (broad SMARTS) is 1. The molecular formula is C27H36F4N4O3. The van der Waals surface area contributed by atoms with Gasteiger partial charge in [0.15, 0.2) is 0 Å². The van der Waals surface area contributed by atoms with E-state index in [2.05, 4.69) is 32.2 Å². The van der Waals surface area contributed by atoms with Crippen molar-refractivity contribution in [2.75, 3.05) is 18.0 Å². The summed E-state index contributed by atoms with van der Waals surface area (Å²) < 4.78 is 45.6. The van der Waals surface area contributed by atoms with Crippen molar-refractivity contribution in [1.29, 1.82) is 0 Å². The van der Waals surface area contributed by atoms with Gasteiger partial charge in [0.1, 0.15) is 23.2 Å². The third-order valence-corrected chi connectivity index (χ3v) is 7.45. The van der Waals surface area contributed by atoms with E-state index in [1.54, 1.807) is 11.0 Å². The summed E-state index contributed by atoms with van der Waals surface area (Å²) in [5.74, 6) is -2.52. The smallest absolute Gasteiger partial charge is 0.430 e. The van der Waals surface area contributed by atoms with E-state index in [-0.39, 0.29) is 17.9 Å². The average Bonchev–Trinajstić information content (AvgIpc) is 3.08. The second kappa shape index (κ2) is 12.3. The van der Waals surface area contributed by atoms with Gasteiger partial charge in [0.25, 0.3) is 0 Å². The second-order valence-corrected chi connectivity index (χ2v) is 10.6. The highest BCUT2D eigenvalue weighted by Crippen LogP contribution is 2.38. The van der Waals surface area contributed by atoms with Gasteiger partial charge in [-0.3, -0.25) is 15.2 Å². The van der Waals surface area contributed by atoms with E-state index >= 15 is 0 Å². The molecule has 0 bridgehead atoms. The van der Waals surface area contributed by atoms with Crippen molar-refractivity contribution in [3.8, 4) is 0 Å². The van der Waals surface area contributed by atoms with Gasteiger partial charge in [-0.15, -0.1) is 0 Å². The van der Waals surface area contributed by atoms with Gasteiger partial charge in [0, 0.05) is 18.5 Å². The van der Waals surface area contributed by atoms with Crippen LogP contribution in [0.2, 0.25) is 0 Å². The molecule has 1 aromatic rings. The number of carbonyl (C=O) groups excluding carboxylic acids is 2. The predicted molar refractivity (Wildman–Crippen MR) is 134 cm³/mol.